The van der Waals surface area contributed by atoms with Crippen LogP contribution in [0.2, 0.25) is 0 Å². The number of carboxylic acids is 1. The van der Waals surface area contributed by atoms with Crippen molar-refractivity contribution in [2.45, 2.75) is 12.0 Å². The van der Waals surface area contributed by atoms with E-state index in [4.69, 9.17) is 26.0 Å². The highest BCUT2D eigenvalue weighted by molar-refractivity contribution is 5.94. The molecule has 0 aliphatic carbocycles. The molecule has 10 nitrogen and oxygen atoms in total. The highest BCUT2D eigenvalue weighted by atomic mass is 16.6. The predicted molar refractivity (Wildman–Crippen MR) is 82.1 cm³/mol. The molecule has 10 heteroatoms. The molecule has 0 radical (unpaired) electrons. The van der Waals surface area contributed by atoms with E-state index in [0.29, 0.717) is 31.0 Å². The molecule has 3 heterocycles. The van der Waals surface area contributed by atoms with Gasteiger partial charge in [0.15, 0.2) is 5.60 Å². The Bertz CT molecular complexity index is 722. The molecule has 0 bridgehead atoms. The number of hydrogen-bond acceptors (Lipinski definition) is 8. The minimum Gasteiger partial charge on any atom is -0.478 e. The van der Waals surface area contributed by atoms with Gasteiger partial charge in [0.25, 0.3) is 0 Å². The van der Waals surface area contributed by atoms with E-state index in [-0.39, 0.29) is 24.9 Å². The van der Waals surface area contributed by atoms with Gasteiger partial charge in [0.05, 0.1) is 25.3 Å². The lowest BCUT2D eigenvalue weighted by atomic mass is 9.98. The van der Waals surface area contributed by atoms with E-state index in [1.54, 1.807) is 0 Å². The van der Waals surface area contributed by atoms with Gasteiger partial charge < -0.3 is 30.9 Å². The molecule has 2 aliphatic heterocycles. The third-order valence-electron chi connectivity index (χ3n) is 3.86. The van der Waals surface area contributed by atoms with Crippen LogP contribution < -0.4 is 16.2 Å². The van der Waals surface area contributed by atoms with E-state index in [2.05, 4.69) is 9.97 Å². The molecule has 1 saturated heterocycles. The van der Waals surface area contributed by atoms with E-state index in [1.165, 1.54) is 4.90 Å². The topological polar surface area (TPSA) is 154 Å². The van der Waals surface area contributed by atoms with Crippen molar-refractivity contribution < 1.29 is 24.2 Å². The zero-order chi connectivity index (χ0) is 17.3. The number of ether oxygens (including phenoxy) is 2. The number of nitrogens with zero attached hydrogens (tertiary/aromatic N) is 3. The minimum absolute atomic E-state index is 0.00941. The van der Waals surface area contributed by atoms with Crippen molar-refractivity contribution in [3.63, 3.8) is 0 Å². The Hall–Kier alpha value is -2.88. The highest BCUT2D eigenvalue weighted by Crippen LogP contribution is 2.38. The first-order chi connectivity index (χ1) is 11.4. The third kappa shape index (κ3) is 3.08. The van der Waals surface area contributed by atoms with Crippen molar-refractivity contribution in [2.24, 2.45) is 0 Å². The van der Waals surface area contributed by atoms with Crippen molar-refractivity contribution in [1.29, 1.82) is 0 Å². The maximum atomic E-state index is 12.2. The summed E-state index contributed by atoms with van der Waals surface area (Å²) in [6, 6.07) is 0. The number of aliphatic carboxylic acids is 1. The number of nitrogens with two attached hydrogens (primary N) is 2. The summed E-state index contributed by atoms with van der Waals surface area (Å²) in [6.07, 6.45) is 2.19. The summed E-state index contributed by atoms with van der Waals surface area (Å²) in [5.41, 5.74) is 11.2. The molecule has 24 heavy (non-hydrogen) atoms. The maximum Gasteiger partial charge on any atom is 0.328 e. The number of fused-ring (bicyclic) bond motifs is 1. The molecule has 3 rings (SSSR count). The Morgan fingerprint density at radius 2 is 2.08 bits per heavy atom. The third-order valence-corrected chi connectivity index (χ3v) is 3.86. The zero-order valence-corrected chi connectivity index (χ0v) is 12.8. The second-order valence-electron chi connectivity index (χ2n) is 5.70. The molecule has 5 N–H and O–H groups in total. The molecule has 0 saturated carbocycles. The van der Waals surface area contributed by atoms with Crippen LogP contribution in [0.25, 0.3) is 0 Å². The van der Waals surface area contributed by atoms with Crippen LogP contribution in [0.3, 0.4) is 0 Å². The Balaban J connectivity index is 1.82. The second-order valence-corrected chi connectivity index (χ2v) is 5.70. The van der Waals surface area contributed by atoms with Crippen molar-refractivity contribution in [3.05, 3.63) is 17.7 Å². The number of carbonyl (C=O) groups excluding carboxylic acids is 1. The van der Waals surface area contributed by atoms with Crippen molar-refractivity contribution in [1.82, 2.24) is 14.9 Å². The lowest BCUT2D eigenvalue weighted by molar-refractivity contribution is -0.132. The van der Waals surface area contributed by atoms with E-state index in [0.717, 1.165) is 12.2 Å². The fourth-order valence-electron chi connectivity index (χ4n) is 2.82. The Kier molecular flexibility index (Phi) is 3.97. The predicted octanol–water partition coefficient (Wildman–Crippen LogP) is -1.19. The van der Waals surface area contributed by atoms with Gasteiger partial charge in [0.2, 0.25) is 17.7 Å². The molecule has 1 aromatic heterocycles. The SMILES string of the molecule is Nc1nc(N)c2c(n1)O[C@@]1(COCCN(C(=O)/C=C/C(=O)O)C1)C2. The molecule has 0 unspecified atom stereocenters. The first-order valence-corrected chi connectivity index (χ1v) is 7.27. The van der Waals surface area contributed by atoms with Crippen LogP contribution in [0, 0.1) is 0 Å². The van der Waals surface area contributed by atoms with Crippen molar-refractivity contribution in [3.8, 4) is 5.88 Å². The fraction of sp³-hybridized carbons (Fsp3) is 0.429. The number of anilines is 2. The van der Waals surface area contributed by atoms with Crippen molar-refractivity contribution in [2.75, 3.05) is 37.8 Å². The lowest BCUT2D eigenvalue weighted by Gasteiger charge is -2.30. The van der Waals surface area contributed by atoms with Gasteiger partial charge in [0, 0.05) is 25.1 Å². The largest absolute Gasteiger partial charge is 0.478 e. The Labute approximate surface area is 137 Å². The number of hydrogen-bond donors (Lipinski definition) is 3. The summed E-state index contributed by atoms with van der Waals surface area (Å²) < 4.78 is 11.5. The average Bonchev–Trinajstić information content (AvgIpc) is 2.72. The Morgan fingerprint density at radius 1 is 1.29 bits per heavy atom. The maximum absolute atomic E-state index is 12.2. The second kappa shape index (κ2) is 5.96. The van der Waals surface area contributed by atoms with Gasteiger partial charge in [-0.1, -0.05) is 0 Å². The number of aromatic nitrogens is 2. The average molecular weight is 335 g/mol. The summed E-state index contributed by atoms with van der Waals surface area (Å²) in [5, 5.41) is 8.65. The van der Waals surface area contributed by atoms with Crippen LogP contribution in [-0.4, -0.2) is 63.8 Å². The quantitative estimate of drug-likeness (QED) is 0.566. The molecule has 2 aliphatic rings. The van der Waals surface area contributed by atoms with Crippen LogP contribution in [0.1, 0.15) is 5.56 Å². The van der Waals surface area contributed by atoms with Crippen LogP contribution in [-0.2, 0) is 20.7 Å². The number of nitrogen functional groups attached to an aromatic ring is 2. The van der Waals surface area contributed by atoms with E-state index < -0.39 is 17.5 Å². The van der Waals surface area contributed by atoms with Gasteiger partial charge in [-0.25, -0.2) is 4.79 Å². The van der Waals surface area contributed by atoms with Crippen LogP contribution in [0.5, 0.6) is 5.88 Å². The monoisotopic (exact) mass is 335 g/mol. The van der Waals surface area contributed by atoms with Crippen LogP contribution >= 0.6 is 0 Å². The van der Waals surface area contributed by atoms with Gasteiger partial charge >= 0.3 is 5.97 Å². The lowest BCUT2D eigenvalue weighted by Crippen LogP contribution is -2.49. The molecular weight excluding hydrogens is 318 g/mol. The molecule has 1 fully saturated rings. The first-order valence-electron chi connectivity index (χ1n) is 7.27. The minimum atomic E-state index is -1.19. The number of carbonyl (C=O) groups is 2. The van der Waals surface area contributed by atoms with Gasteiger partial charge in [0.1, 0.15) is 5.82 Å². The summed E-state index contributed by atoms with van der Waals surface area (Å²) in [7, 11) is 0. The highest BCUT2D eigenvalue weighted by Gasteiger charge is 2.45. The number of carboxylic acid groups (broad SMARTS) is 1. The van der Waals surface area contributed by atoms with Gasteiger partial charge in [-0.15, -0.1) is 0 Å². The van der Waals surface area contributed by atoms with Crippen molar-refractivity contribution >= 4 is 23.6 Å². The van der Waals surface area contributed by atoms with E-state index in [1.807, 2.05) is 0 Å². The summed E-state index contributed by atoms with van der Waals surface area (Å²) >= 11 is 0. The van der Waals surface area contributed by atoms with Gasteiger partial charge in [-0.2, -0.15) is 9.97 Å². The van der Waals surface area contributed by atoms with Gasteiger partial charge in [-0.3, -0.25) is 4.79 Å². The van der Waals surface area contributed by atoms with Crippen LogP contribution in [0.15, 0.2) is 12.2 Å². The molecule has 128 valence electrons. The molecule has 1 aromatic rings. The van der Waals surface area contributed by atoms with Crippen LogP contribution in [0.4, 0.5) is 11.8 Å². The summed E-state index contributed by atoms with van der Waals surface area (Å²) in [5.74, 6) is -1.08. The molecular formula is C14H17N5O5. The Morgan fingerprint density at radius 3 is 2.83 bits per heavy atom. The van der Waals surface area contributed by atoms with E-state index >= 15 is 0 Å². The van der Waals surface area contributed by atoms with Gasteiger partial charge in [-0.05, 0) is 0 Å². The molecule has 1 spiro atoms. The first kappa shape index (κ1) is 16.0. The normalized spacial score (nSPS) is 23.1. The number of rotatable bonds is 2. The standard InChI is InChI=1S/C14H17N5O5/c15-11-8-5-14(24-12(8)18-13(16)17-11)6-19(3-4-23-7-14)9(20)1-2-10(21)22/h1-2H,3-7H2,(H,21,22)(H4,15,16,17,18)/b2-1+/t14-/m0/s1. The summed E-state index contributed by atoms with van der Waals surface area (Å²) in [6.45, 7) is 1.10. The molecule has 1 atom stereocenters. The zero-order valence-electron chi connectivity index (χ0n) is 12.8. The number of amides is 1. The van der Waals surface area contributed by atoms with E-state index in [9.17, 15) is 9.59 Å². The smallest absolute Gasteiger partial charge is 0.328 e. The summed E-state index contributed by atoms with van der Waals surface area (Å²) in [4.78, 5) is 32.2. The fourth-order valence-corrected chi connectivity index (χ4v) is 2.82. The molecule has 1 amide bonds. The molecule has 0 aromatic carbocycles.